The number of aliphatic hydroxyl groups is 1. The third-order valence-electron chi connectivity index (χ3n) is 4.91. The molecule has 0 bridgehead atoms. The summed E-state index contributed by atoms with van der Waals surface area (Å²) in [5.41, 5.74) is 2.89. The van der Waals surface area contributed by atoms with Gasteiger partial charge < -0.3 is 15.2 Å². The van der Waals surface area contributed by atoms with Crippen LogP contribution in [0.5, 0.6) is 5.75 Å². The Morgan fingerprint density at radius 1 is 1.21 bits per heavy atom. The predicted octanol–water partition coefficient (Wildman–Crippen LogP) is 3.22. The molecule has 28 heavy (non-hydrogen) atoms. The van der Waals surface area contributed by atoms with E-state index in [0.717, 1.165) is 24.2 Å². The molecule has 0 spiro atoms. The highest BCUT2D eigenvalue weighted by Gasteiger charge is 2.29. The molecule has 1 aliphatic carbocycles. The highest BCUT2D eigenvalue weighted by atomic mass is 16.5. The third kappa shape index (κ3) is 3.77. The number of nitrogens with zero attached hydrogens (tertiary/aromatic N) is 2. The molecule has 0 saturated heterocycles. The SMILES string of the molecule is COc1ccccc1[C@H](O)CNC(=O)c1cc(C2CC2)nn1-c1ccccc1. The number of aromatic nitrogens is 2. The summed E-state index contributed by atoms with van der Waals surface area (Å²) in [5, 5.41) is 18.0. The fourth-order valence-electron chi connectivity index (χ4n) is 3.24. The van der Waals surface area contributed by atoms with Crippen LogP contribution in [0.2, 0.25) is 0 Å². The molecule has 2 aromatic carbocycles. The molecule has 1 fully saturated rings. The van der Waals surface area contributed by atoms with E-state index in [1.54, 1.807) is 23.9 Å². The largest absolute Gasteiger partial charge is 0.496 e. The maximum Gasteiger partial charge on any atom is 0.270 e. The molecule has 1 aromatic heterocycles. The second kappa shape index (κ2) is 7.86. The van der Waals surface area contributed by atoms with Gasteiger partial charge in [-0.15, -0.1) is 0 Å². The lowest BCUT2D eigenvalue weighted by Gasteiger charge is -2.15. The van der Waals surface area contributed by atoms with Crippen molar-refractivity contribution in [2.75, 3.05) is 13.7 Å². The molecule has 1 saturated carbocycles. The van der Waals surface area contributed by atoms with Gasteiger partial charge in [-0.2, -0.15) is 5.10 Å². The molecule has 1 amide bonds. The molecule has 6 nitrogen and oxygen atoms in total. The maximum atomic E-state index is 12.9. The standard InChI is InChI=1S/C22H23N3O3/c1-28-21-10-6-5-9-17(21)20(26)14-23-22(27)19-13-18(15-11-12-15)24-25(19)16-7-3-2-4-8-16/h2-10,13,15,20,26H,11-12,14H2,1H3,(H,23,27)/t20-/m1/s1. The first kappa shape index (κ1) is 18.3. The van der Waals surface area contributed by atoms with E-state index >= 15 is 0 Å². The molecule has 6 heteroatoms. The zero-order valence-electron chi connectivity index (χ0n) is 15.7. The molecule has 144 valence electrons. The summed E-state index contributed by atoms with van der Waals surface area (Å²) in [7, 11) is 1.56. The lowest BCUT2D eigenvalue weighted by Crippen LogP contribution is -2.30. The van der Waals surface area contributed by atoms with Crippen LogP contribution in [-0.4, -0.2) is 34.4 Å². The Labute approximate surface area is 163 Å². The quantitative estimate of drug-likeness (QED) is 0.663. The summed E-state index contributed by atoms with van der Waals surface area (Å²) in [6.45, 7) is 0.0813. The topological polar surface area (TPSA) is 76.4 Å². The minimum Gasteiger partial charge on any atom is -0.496 e. The molecular formula is C22H23N3O3. The molecular weight excluding hydrogens is 354 g/mol. The van der Waals surface area contributed by atoms with Crippen molar-refractivity contribution >= 4 is 5.91 Å². The van der Waals surface area contributed by atoms with Crippen LogP contribution in [0.3, 0.4) is 0 Å². The molecule has 1 heterocycles. The Hall–Kier alpha value is -3.12. The molecule has 0 radical (unpaired) electrons. The van der Waals surface area contributed by atoms with Crippen molar-refractivity contribution in [3.8, 4) is 11.4 Å². The Bertz CT molecular complexity index is 964. The highest BCUT2D eigenvalue weighted by Crippen LogP contribution is 2.39. The summed E-state index contributed by atoms with van der Waals surface area (Å²) in [6.07, 6.45) is 1.36. The van der Waals surface area contributed by atoms with Gasteiger partial charge in [-0.05, 0) is 37.1 Å². The van der Waals surface area contributed by atoms with E-state index in [1.165, 1.54) is 0 Å². The van der Waals surface area contributed by atoms with Crippen LogP contribution >= 0.6 is 0 Å². The first-order valence-corrected chi connectivity index (χ1v) is 9.42. The lowest BCUT2D eigenvalue weighted by molar-refractivity contribution is 0.0907. The van der Waals surface area contributed by atoms with Crippen LogP contribution in [0.15, 0.2) is 60.7 Å². The number of hydrogen-bond donors (Lipinski definition) is 2. The van der Waals surface area contributed by atoms with Gasteiger partial charge in [-0.25, -0.2) is 4.68 Å². The number of carbonyl (C=O) groups excluding carboxylic acids is 1. The molecule has 4 rings (SSSR count). The number of amides is 1. The Morgan fingerprint density at radius 3 is 2.64 bits per heavy atom. The Kier molecular flexibility index (Phi) is 5.12. The van der Waals surface area contributed by atoms with E-state index in [2.05, 4.69) is 10.4 Å². The third-order valence-corrected chi connectivity index (χ3v) is 4.91. The first-order valence-electron chi connectivity index (χ1n) is 9.42. The van der Waals surface area contributed by atoms with Crippen molar-refractivity contribution in [3.05, 3.63) is 77.6 Å². The fourth-order valence-corrected chi connectivity index (χ4v) is 3.24. The van der Waals surface area contributed by atoms with Gasteiger partial charge in [0.05, 0.1) is 24.6 Å². The number of ether oxygens (including phenoxy) is 1. The van der Waals surface area contributed by atoms with Crippen molar-refractivity contribution < 1.29 is 14.6 Å². The first-order chi connectivity index (χ1) is 13.7. The van der Waals surface area contributed by atoms with Gasteiger partial charge in [0, 0.05) is 18.0 Å². The van der Waals surface area contributed by atoms with Crippen LogP contribution in [0, 0.1) is 0 Å². The smallest absolute Gasteiger partial charge is 0.270 e. The minimum absolute atomic E-state index is 0.0813. The highest BCUT2D eigenvalue weighted by molar-refractivity contribution is 5.93. The van der Waals surface area contributed by atoms with Crippen LogP contribution in [0.1, 0.15) is 46.6 Å². The van der Waals surface area contributed by atoms with Gasteiger partial charge in [-0.3, -0.25) is 4.79 Å². The average Bonchev–Trinajstić information content (AvgIpc) is 3.50. The monoisotopic (exact) mass is 377 g/mol. The van der Waals surface area contributed by atoms with Crippen molar-refractivity contribution in [2.24, 2.45) is 0 Å². The van der Waals surface area contributed by atoms with E-state index in [-0.39, 0.29) is 12.5 Å². The number of methoxy groups -OCH3 is 1. The summed E-state index contributed by atoms with van der Waals surface area (Å²) in [5.74, 6) is 0.766. The number of benzene rings is 2. The number of para-hydroxylation sites is 2. The molecule has 2 N–H and O–H groups in total. The maximum absolute atomic E-state index is 12.9. The summed E-state index contributed by atoms with van der Waals surface area (Å²) >= 11 is 0. The van der Waals surface area contributed by atoms with E-state index in [0.29, 0.717) is 22.9 Å². The molecule has 3 aromatic rings. The minimum atomic E-state index is -0.865. The number of nitrogens with one attached hydrogen (secondary N) is 1. The Morgan fingerprint density at radius 2 is 1.93 bits per heavy atom. The molecule has 1 aliphatic rings. The predicted molar refractivity (Wildman–Crippen MR) is 106 cm³/mol. The van der Waals surface area contributed by atoms with Gasteiger partial charge in [0.25, 0.3) is 5.91 Å². The summed E-state index contributed by atoms with van der Waals surface area (Å²) in [4.78, 5) is 12.9. The molecule has 0 unspecified atom stereocenters. The fraction of sp³-hybridized carbons (Fsp3) is 0.273. The average molecular weight is 377 g/mol. The van der Waals surface area contributed by atoms with Gasteiger partial charge in [-0.1, -0.05) is 36.4 Å². The number of hydrogen-bond acceptors (Lipinski definition) is 4. The normalized spacial score (nSPS) is 14.5. The van der Waals surface area contributed by atoms with Gasteiger partial charge >= 0.3 is 0 Å². The van der Waals surface area contributed by atoms with E-state index in [1.807, 2.05) is 48.5 Å². The second-order valence-electron chi connectivity index (χ2n) is 6.94. The van der Waals surface area contributed by atoms with Gasteiger partial charge in [0.1, 0.15) is 11.4 Å². The van der Waals surface area contributed by atoms with Crippen LogP contribution < -0.4 is 10.1 Å². The van der Waals surface area contributed by atoms with E-state index in [4.69, 9.17) is 4.74 Å². The van der Waals surface area contributed by atoms with Crippen LogP contribution in [0.4, 0.5) is 0 Å². The second-order valence-corrected chi connectivity index (χ2v) is 6.94. The Balaban J connectivity index is 1.53. The van der Waals surface area contributed by atoms with Crippen LogP contribution in [0.25, 0.3) is 5.69 Å². The number of aliphatic hydroxyl groups excluding tert-OH is 1. The molecule has 0 aliphatic heterocycles. The number of rotatable bonds is 7. The number of carbonyl (C=O) groups is 1. The van der Waals surface area contributed by atoms with Gasteiger partial charge in [0.2, 0.25) is 0 Å². The molecule has 1 atom stereocenters. The van der Waals surface area contributed by atoms with Crippen molar-refractivity contribution in [2.45, 2.75) is 24.9 Å². The summed E-state index contributed by atoms with van der Waals surface area (Å²) < 4.78 is 6.96. The van der Waals surface area contributed by atoms with Crippen molar-refractivity contribution in [3.63, 3.8) is 0 Å². The van der Waals surface area contributed by atoms with Gasteiger partial charge in [0.15, 0.2) is 0 Å². The van der Waals surface area contributed by atoms with E-state index in [9.17, 15) is 9.90 Å². The van der Waals surface area contributed by atoms with Crippen molar-refractivity contribution in [1.82, 2.24) is 15.1 Å². The van der Waals surface area contributed by atoms with Crippen LogP contribution in [-0.2, 0) is 0 Å². The van der Waals surface area contributed by atoms with E-state index < -0.39 is 6.10 Å². The zero-order valence-corrected chi connectivity index (χ0v) is 15.7. The summed E-state index contributed by atoms with van der Waals surface area (Å²) in [6, 6.07) is 18.7. The lowest BCUT2D eigenvalue weighted by atomic mass is 10.1. The van der Waals surface area contributed by atoms with Crippen molar-refractivity contribution in [1.29, 1.82) is 0 Å². The zero-order chi connectivity index (χ0) is 19.5.